The molecular formula is C20H23ClFN3O5. The number of carbonyl (C=O) groups excluding carboxylic acids is 3. The van der Waals surface area contributed by atoms with Crippen LogP contribution in [0.25, 0.3) is 10.9 Å². The van der Waals surface area contributed by atoms with Gasteiger partial charge >= 0.3 is 5.97 Å². The number of aryl methyl sites for hydroxylation is 1. The number of aromatic nitrogens is 1. The second-order valence-electron chi connectivity index (χ2n) is 7.28. The maximum atomic E-state index is 13.0. The number of halogens is 2. The molecule has 2 rings (SSSR count). The molecule has 1 amide bonds. The highest BCUT2D eigenvalue weighted by molar-refractivity contribution is 6.39. The first-order valence-corrected chi connectivity index (χ1v) is 9.55. The Morgan fingerprint density at radius 2 is 1.83 bits per heavy atom. The van der Waals surface area contributed by atoms with Crippen molar-refractivity contribution in [1.29, 1.82) is 0 Å². The minimum absolute atomic E-state index is 0.0901. The summed E-state index contributed by atoms with van der Waals surface area (Å²) < 4.78 is 14.2. The van der Waals surface area contributed by atoms with Crippen LogP contribution in [0.2, 0.25) is 5.02 Å². The van der Waals surface area contributed by atoms with E-state index >= 15 is 0 Å². The summed E-state index contributed by atoms with van der Waals surface area (Å²) in [6, 6.07) is 3.90. The highest BCUT2D eigenvalue weighted by Gasteiger charge is 2.41. The van der Waals surface area contributed by atoms with E-state index in [4.69, 9.17) is 17.3 Å². The standard InChI is InChI=1S/C20H23ClFN3O5/c1-9(2)16(18(27)13(20(29)30)15(23)12(26)8-22)24-19(28)17-14(21)10-6-4-5-7-11(10)25(17)3/h4-7,9,13,15-16H,8,23H2,1-3H3,(H,24,28)(H,29,30)/t13?,15?,16-/m0/s1. The smallest absolute Gasteiger partial charge is 0.316 e. The van der Waals surface area contributed by atoms with Crippen LogP contribution in [0.5, 0.6) is 0 Å². The summed E-state index contributed by atoms with van der Waals surface area (Å²) in [5.74, 6) is -7.10. The second-order valence-corrected chi connectivity index (χ2v) is 7.66. The van der Waals surface area contributed by atoms with Crippen molar-refractivity contribution in [3.05, 3.63) is 35.0 Å². The number of nitrogens with two attached hydrogens (primary N) is 1. The van der Waals surface area contributed by atoms with E-state index in [1.54, 1.807) is 49.7 Å². The van der Waals surface area contributed by atoms with E-state index in [2.05, 4.69) is 5.32 Å². The molecule has 1 aromatic heterocycles. The van der Waals surface area contributed by atoms with Crippen molar-refractivity contribution in [3.63, 3.8) is 0 Å². The molecule has 0 spiro atoms. The highest BCUT2D eigenvalue weighted by Crippen LogP contribution is 2.30. The molecule has 0 fully saturated rings. The van der Waals surface area contributed by atoms with Gasteiger partial charge in [-0.05, 0) is 12.0 Å². The maximum absolute atomic E-state index is 13.0. The Balaban J connectivity index is 2.40. The van der Waals surface area contributed by atoms with E-state index in [0.29, 0.717) is 10.9 Å². The summed E-state index contributed by atoms with van der Waals surface area (Å²) >= 11 is 6.36. The van der Waals surface area contributed by atoms with E-state index in [1.165, 1.54) is 0 Å². The van der Waals surface area contributed by atoms with E-state index < -0.39 is 54.0 Å². The third-order valence-corrected chi connectivity index (χ3v) is 5.34. The zero-order valence-corrected chi connectivity index (χ0v) is 17.4. The molecule has 2 unspecified atom stereocenters. The van der Waals surface area contributed by atoms with Crippen molar-refractivity contribution in [2.24, 2.45) is 24.6 Å². The number of aliphatic carboxylic acids is 1. The number of carbonyl (C=O) groups is 4. The van der Waals surface area contributed by atoms with Crippen molar-refractivity contribution < 1.29 is 28.7 Å². The lowest BCUT2D eigenvalue weighted by Gasteiger charge is -2.26. The third kappa shape index (κ3) is 4.36. The number of ketones is 2. The van der Waals surface area contributed by atoms with Crippen LogP contribution >= 0.6 is 11.6 Å². The first-order valence-electron chi connectivity index (χ1n) is 9.17. The fraction of sp³-hybridized carbons (Fsp3) is 0.400. The van der Waals surface area contributed by atoms with Gasteiger partial charge in [-0.3, -0.25) is 19.2 Å². The van der Waals surface area contributed by atoms with Gasteiger partial charge in [0.2, 0.25) is 0 Å². The molecule has 10 heteroatoms. The topological polar surface area (TPSA) is 131 Å². The van der Waals surface area contributed by atoms with Crippen LogP contribution in [0.15, 0.2) is 24.3 Å². The molecule has 0 aliphatic heterocycles. The number of nitrogens with one attached hydrogen (secondary N) is 1. The summed E-state index contributed by atoms with van der Waals surface area (Å²) in [4.78, 5) is 49.0. The summed E-state index contributed by atoms with van der Waals surface area (Å²) in [7, 11) is 1.63. The van der Waals surface area contributed by atoms with Gasteiger partial charge in [-0.25, -0.2) is 4.39 Å². The quantitative estimate of drug-likeness (QED) is 0.510. The number of benzene rings is 1. The normalized spacial score (nSPS) is 14.4. The van der Waals surface area contributed by atoms with Crippen LogP contribution < -0.4 is 11.1 Å². The number of rotatable bonds is 9. The predicted molar refractivity (Wildman–Crippen MR) is 109 cm³/mol. The van der Waals surface area contributed by atoms with Crippen molar-refractivity contribution in [3.8, 4) is 0 Å². The molecule has 0 bridgehead atoms. The lowest BCUT2D eigenvalue weighted by molar-refractivity contribution is -0.150. The molecule has 2 aromatic rings. The number of hydrogen-bond acceptors (Lipinski definition) is 5. The molecule has 1 heterocycles. The minimum Gasteiger partial charge on any atom is -0.481 e. The molecule has 0 aliphatic rings. The molecule has 0 saturated carbocycles. The summed E-state index contributed by atoms with van der Waals surface area (Å²) in [5, 5.41) is 12.7. The third-order valence-electron chi connectivity index (χ3n) is 4.96. The van der Waals surface area contributed by atoms with Crippen molar-refractivity contribution in [2.75, 3.05) is 6.67 Å². The fourth-order valence-electron chi connectivity index (χ4n) is 3.30. The van der Waals surface area contributed by atoms with Gasteiger partial charge in [0.15, 0.2) is 11.6 Å². The number of hydrogen-bond donors (Lipinski definition) is 3. The SMILES string of the molecule is CC(C)[C@H](NC(=O)c1c(Cl)c2ccccc2n1C)C(=O)C(C(=O)O)C(N)C(=O)CF. The van der Waals surface area contributed by atoms with Gasteiger partial charge in [0.1, 0.15) is 18.3 Å². The first kappa shape index (κ1) is 23.5. The largest absolute Gasteiger partial charge is 0.481 e. The lowest BCUT2D eigenvalue weighted by Crippen LogP contribution is -2.55. The molecule has 8 nitrogen and oxygen atoms in total. The van der Waals surface area contributed by atoms with Gasteiger partial charge < -0.3 is 20.7 Å². The summed E-state index contributed by atoms with van der Waals surface area (Å²) in [6.45, 7) is 1.68. The minimum atomic E-state index is -2.00. The molecule has 1 aromatic carbocycles. The monoisotopic (exact) mass is 439 g/mol. The Labute approximate surface area is 177 Å². The molecule has 162 valence electrons. The Hall–Kier alpha value is -2.78. The maximum Gasteiger partial charge on any atom is 0.316 e. The number of carboxylic acids is 1. The summed E-state index contributed by atoms with van der Waals surface area (Å²) in [5.41, 5.74) is 6.31. The molecule has 3 atom stereocenters. The van der Waals surface area contributed by atoms with Crippen LogP contribution in [0, 0.1) is 11.8 Å². The number of alkyl halides is 1. The van der Waals surface area contributed by atoms with Gasteiger partial charge in [0.05, 0.1) is 17.1 Å². The molecular weight excluding hydrogens is 417 g/mol. The average molecular weight is 440 g/mol. The molecule has 4 N–H and O–H groups in total. The van der Waals surface area contributed by atoms with Crippen LogP contribution in [0.4, 0.5) is 4.39 Å². The molecule has 0 aliphatic carbocycles. The van der Waals surface area contributed by atoms with Crippen molar-refractivity contribution >= 4 is 45.9 Å². The van der Waals surface area contributed by atoms with Crippen LogP contribution in [0.3, 0.4) is 0 Å². The lowest BCUT2D eigenvalue weighted by atomic mass is 9.85. The van der Waals surface area contributed by atoms with Crippen molar-refractivity contribution in [2.45, 2.75) is 25.9 Å². The van der Waals surface area contributed by atoms with E-state index in [1.807, 2.05) is 0 Å². The second kappa shape index (κ2) is 9.36. The van der Waals surface area contributed by atoms with Gasteiger partial charge in [-0.15, -0.1) is 0 Å². The van der Waals surface area contributed by atoms with E-state index in [0.717, 1.165) is 0 Å². The first-order chi connectivity index (χ1) is 14.0. The Morgan fingerprint density at radius 3 is 2.33 bits per heavy atom. The molecule has 30 heavy (non-hydrogen) atoms. The summed E-state index contributed by atoms with van der Waals surface area (Å²) in [6.07, 6.45) is 0. The van der Waals surface area contributed by atoms with Gasteiger partial charge in [-0.2, -0.15) is 0 Å². The molecule has 0 saturated heterocycles. The van der Waals surface area contributed by atoms with Gasteiger partial charge in [-0.1, -0.05) is 43.6 Å². The number of Topliss-reactive ketones (excluding diaryl/α,β-unsaturated/α-hetero) is 2. The van der Waals surface area contributed by atoms with Crippen LogP contribution in [-0.4, -0.2) is 51.9 Å². The Bertz CT molecular complexity index is 965. The van der Waals surface area contributed by atoms with Gasteiger partial charge in [0.25, 0.3) is 5.91 Å². The highest BCUT2D eigenvalue weighted by atomic mass is 35.5. The zero-order chi connectivity index (χ0) is 22.7. The van der Waals surface area contributed by atoms with E-state index in [9.17, 15) is 28.7 Å². The predicted octanol–water partition coefficient (Wildman–Crippen LogP) is 1.72. The Morgan fingerprint density at radius 1 is 1.23 bits per heavy atom. The number of carboxylic acid groups (broad SMARTS) is 1. The van der Waals surface area contributed by atoms with Crippen molar-refractivity contribution in [1.82, 2.24) is 9.88 Å². The van der Waals surface area contributed by atoms with Crippen LogP contribution in [0.1, 0.15) is 24.3 Å². The number of para-hydroxylation sites is 1. The number of nitrogens with zero attached hydrogens (tertiary/aromatic N) is 1. The number of fused-ring (bicyclic) bond motifs is 1. The zero-order valence-electron chi connectivity index (χ0n) is 16.7. The van der Waals surface area contributed by atoms with E-state index in [-0.39, 0.29) is 10.7 Å². The van der Waals surface area contributed by atoms with Gasteiger partial charge in [0, 0.05) is 18.0 Å². The number of amides is 1. The average Bonchev–Trinajstić information content (AvgIpc) is 2.95. The molecule has 0 radical (unpaired) electrons. The fourth-order valence-corrected chi connectivity index (χ4v) is 3.67. The van der Waals surface area contributed by atoms with Crippen LogP contribution in [-0.2, 0) is 21.4 Å². The Kier molecular flexibility index (Phi) is 7.33.